The Morgan fingerprint density at radius 2 is 1.96 bits per heavy atom. The van der Waals surface area contributed by atoms with E-state index in [1.807, 2.05) is 30.3 Å². The molecule has 5 nitrogen and oxygen atoms in total. The Kier molecular flexibility index (Phi) is 5.23. The second kappa shape index (κ2) is 7.75. The lowest BCUT2D eigenvalue weighted by molar-refractivity contribution is -0.116. The fraction of sp³-hybridized carbons (Fsp3) is 0.167. The maximum Gasteiger partial charge on any atom is 0.226 e. The van der Waals surface area contributed by atoms with Crippen LogP contribution in [0.3, 0.4) is 0 Å². The summed E-state index contributed by atoms with van der Waals surface area (Å²) in [4.78, 5) is 16.3. The Balaban J connectivity index is 1.48. The van der Waals surface area contributed by atoms with E-state index in [1.54, 1.807) is 24.3 Å². The van der Waals surface area contributed by atoms with Crippen molar-refractivity contribution in [1.29, 1.82) is 0 Å². The van der Waals surface area contributed by atoms with E-state index < -0.39 is 0 Å². The molecule has 1 aromatic heterocycles. The number of rotatable bonds is 6. The number of carbonyl (C=O) groups is 1. The van der Waals surface area contributed by atoms with E-state index in [2.05, 4.69) is 15.5 Å². The third-order valence-electron chi connectivity index (χ3n) is 3.40. The van der Waals surface area contributed by atoms with Gasteiger partial charge in [0.1, 0.15) is 0 Å². The first-order valence-electron chi connectivity index (χ1n) is 7.64. The number of carbonyl (C=O) groups excluding carboxylic acids is 1. The molecule has 1 heterocycles. The highest BCUT2D eigenvalue weighted by molar-refractivity contribution is 6.30. The number of amides is 1. The van der Waals surface area contributed by atoms with Crippen LogP contribution in [-0.2, 0) is 11.2 Å². The van der Waals surface area contributed by atoms with Crippen molar-refractivity contribution >= 4 is 23.2 Å². The summed E-state index contributed by atoms with van der Waals surface area (Å²) >= 11 is 5.89. The average molecular weight is 342 g/mol. The highest BCUT2D eigenvalue weighted by atomic mass is 35.5. The third kappa shape index (κ3) is 4.43. The second-order valence-corrected chi connectivity index (χ2v) is 5.73. The van der Waals surface area contributed by atoms with E-state index in [1.165, 1.54) is 0 Å². The molecular formula is C18H16ClN3O2. The van der Waals surface area contributed by atoms with Crippen molar-refractivity contribution in [2.45, 2.75) is 19.3 Å². The van der Waals surface area contributed by atoms with Gasteiger partial charge in [-0.2, -0.15) is 4.98 Å². The number of aromatic nitrogens is 2. The van der Waals surface area contributed by atoms with Crippen molar-refractivity contribution in [3.63, 3.8) is 0 Å². The van der Waals surface area contributed by atoms with Gasteiger partial charge in [-0.1, -0.05) is 53.2 Å². The van der Waals surface area contributed by atoms with Gasteiger partial charge in [0.15, 0.2) is 0 Å². The van der Waals surface area contributed by atoms with Gasteiger partial charge in [0.2, 0.25) is 17.6 Å². The van der Waals surface area contributed by atoms with Crippen LogP contribution >= 0.6 is 11.6 Å². The number of benzene rings is 2. The predicted octanol–water partition coefficient (Wildman–Crippen LogP) is 4.35. The molecule has 1 amide bonds. The van der Waals surface area contributed by atoms with Crippen molar-refractivity contribution in [2.24, 2.45) is 0 Å². The standard InChI is InChI=1S/C18H16ClN3O2/c19-14-8-4-9-15(12-14)20-16(23)10-5-11-17-21-18(22-24-17)13-6-2-1-3-7-13/h1-4,6-9,12H,5,10-11H2,(H,20,23). The van der Waals surface area contributed by atoms with Crippen LogP contribution in [0.4, 0.5) is 5.69 Å². The Labute approximate surface area is 144 Å². The Hall–Kier alpha value is -2.66. The highest BCUT2D eigenvalue weighted by Gasteiger charge is 2.09. The molecule has 0 unspecified atom stereocenters. The van der Waals surface area contributed by atoms with Gasteiger partial charge in [-0.05, 0) is 24.6 Å². The van der Waals surface area contributed by atoms with Crippen molar-refractivity contribution < 1.29 is 9.32 Å². The summed E-state index contributed by atoms with van der Waals surface area (Å²) in [5.41, 5.74) is 1.60. The molecule has 0 saturated heterocycles. The van der Waals surface area contributed by atoms with Crippen molar-refractivity contribution in [2.75, 3.05) is 5.32 Å². The normalized spacial score (nSPS) is 10.5. The predicted molar refractivity (Wildman–Crippen MR) is 92.8 cm³/mol. The maximum absolute atomic E-state index is 11.9. The first kappa shape index (κ1) is 16.2. The van der Waals surface area contributed by atoms with Crippen LogP contribution in [0.15, 0.2) is 59.1 Å². The molecule has 0 aliphatic rings. The lowest BCUT2D eigenvalue weighted by Gasteiger charge is -2.04. The summed E-state index contributed by atoms with van der Waals surface area (Å²) < 4.78 is 5.22. The van der Waals surface area contributed by atoms with E-state index >= 15 is 0 Å². The first-order valence-corrected chi connectivity index (χ1v) is 8.02. The molecule has 122 valence electrons. The third-order valence-corrected chi connectivity index (χ3v) is 3.64. The molecule has 3 rings (SSSR count). The molecule has 0 aliphatic heterocycles. The van der Waals surface area contributed by atoms with Gasteiger partial charge in [0.25, 0.3) is 0 Å². The smallest absolute Gasteiger partial charge is 0.226 e. The topological polar surface area (TPSA) is 68.0 Å². The molecule has 0 saturated carbocycles. The fourth-order valence-electron chi connectivity index (χ4n) is 2.25. The summed E-state index contributed by atoms with van der Waals surface area (Å²) in [6.45, 7) is 0. The van der Waals surface area contributed by atoms with Crippen LogP contribution < -0.4 is 5.32 Å². The van der Waals surface area contributed by atoms with Crippen LogP contribution in [0.5, 0.6) is 0 Å². The minimum absolute atomic E-state index is 0.0694. The van der Waals surface area contributed by atoms with Crippen LogP contribution in [0.1, 0.15) is 18.7 Å². The van der Waals surface area contributed by atoms with Crippen LogP contribution in [0, 0.1) is 0 Å². The van der Waals surface area contributed by atoms with Crippen molar-refractivity contribution in [3.05, 3.63) is 65.5 Å². The largest absolute Gasteiger partial charge is 0.339 e. The second-order valence-electron chi connectivity index (χ2n) is 5.29. The fourth-order valence-corrected chi connectivity index (χ4v) is 2.44. The average Bonchev–Trinajstić information content (AvgIpc) is 3.04. The molecule has 2 aromatic carbocycles. The van der Waals surface area contributed by atoms with E-state index in [-0.39, 0.29) is 5.91 Å². The minimum Gasteiger partial charge on any atom is -0.339 e. The number of nitrogens with zero attached hydrogens (tertiary/aromatic N) is 2. The van der Waals surface area contributed by atoms with Crippen molar-refractivity contribution in [1.82, 2.24) is 10.1 Å². The summed E-state index contributed by atoms with van der Waals surface area (Å²) in [6, 6.07) is 16.7. The van der Waals surface area contributed by atoms with E-state index in [0.717, 1.165) is 5.56 Å². The summed E-state index contributed by atoms with van der Waals surface area (Å²) in [7, 11) is 0. The molecular weight excluding hydrogens is 326 g/mol. The zero-order chi connectivity index (χ0) is 16.8. The first-order chi connectivity index (χ1) is 11.7. The number of hydrogen-bond acceptors (Lipinski definition) is 4. The monoisotopic (exact) mass is 341 g/mol. The van der Waals surface area contributed by atoms with Gasteiger partial charge in [-0.25, -0.2) is 0 Å². The SMILES string of the molecule is O=C(CCCc1nc(-c2ccccc2)no1)Nc1cccc(Cl)c1. The highest BCUT2D eigenvalue weighted by Crippen LogP contribution is 2.17. The maximum atomic E-state index is 11.9. The zero-order valence-corrected chi connectivity index (χ0v) is 13.7. The Morgan fingerprint density at radius 3 is 2.75 bits per heavy atom. The molecule has 24 heavy (non-hydrogen) atoms. The van der Waals surface area contributed by atoms with Gasteiger partial charge in [-0.15, -0.1) is 0 Å². The molecule has 0 bridgehead atoms. The molecule has 3 aromatic rings. The molecule has 1 N–H and O–H groups in total. The number of anilines is 1. The molecule has 0 aliphatic carbocycles. The summed E-state index contributed by atoms with van der Waals surface area (Å²) in [5, 5.41) is 7.36. The number of nitrogens with one attached hydrogen (secondary N) is 1. The number of hydrogen-bond donors (Lipinski definition) is 1. The lowest BCUT2D eigenvalue weighted by atomic mass is 10.2. The number of halogens is 1. The molecule has 0 atom stereocenters. The number of aryl methyl sites for hydroxylation is 1. The zero-order valence-electron chi connectivity index (χ0n) is 12.9. The van der Waals surface area contributed by atoms with E-state index in [4.69, 9.17) is 16.1 Å². The Bertz CT molecular complexity index is 818. The van der Waals surface area contributed by atoms with Gasteiger partial charge in [0.05, 0.1) is 0 Å². The lowest BCUT2D eigenvalue weighted by Crippen LogP contribution is -2.11. The molecule has 0 radical (unpaired) electrons. The Morgan fingerprint density at radius 1 is 1.12 bits per heavy atom. The molecule has 0 spiro atoms. The van der Waals surface area contributed by atoms with Crippen LogP contribution in [0.25, 0.3) is 11.4 Å². The van der Waals surface area contributed by atoms with Gasteiger partial charge in [-0.3, -0.25) is 4.79 Å². The minimum atomic E-state index is -0.0694. The molecule has 0 fully saturated rings. The van der Waals surface area contributed by atoms with Crippen LogP contribution in [-0.4, -0.2) is 16.0 Å². The van der Waals surface area contributed by atoms with Gasteiger partial charge >= 0.3 is 0 Å². The van der Waals surface area contributed by atoms with Gasteiger partial charge < -0.3 is 9.84 Å². The summed E-state index contributed by atoms with van der Waals surface area (Å²) in [6.07, 6.45) is 1.56. The van der Waals surface area contributed by atoms with E-state index in [0.29, 0.717) is 41.7 Å². The van der Waals surface area contributed by atoms with Crippen LogP contribution in [0.2, 0.25) is 5.02 Å². The van der Waals surface area contributed by atoms with Gasteiger partial charge in [0, 0.05) is 29.1 Å². The quantitative estimate of drug-likeness (QED) is 0.723. The van der Waals surface area contributed by atoms with Crippen molar-refractivity contribution in [3.8, 4) is 11.4 Å². The summed E-state index contributed by atoms with van der Waals surface area (Å²) in [5.74, 6) is 1.03. The van der Waals surface area contributed by atoms with E-state index in [9.17, 15) is 4.79 Å². The molecule has 6 heteroatoms.